The molecule has 2 heteroatoms. The van der Waals surface area contributed by atoms with Crippen LogP contribution in [0.2, 0.25) is 0 Å². The van der Waals surface area contributed by atoms with Crippen LogP contribution in [0.15, 0.2) is 24.3 Å². The summed E-state index contributed by atoms with van der Waals surface area (Å²) in [7, 11) is 0. The van der Waals surface area contributed by atoms with Crippen LogP contribution in [0.5, 0.6) is 5.75 Å². The Morgan fingerprint density at radius 1 is 1.19 bits per heavy atom. The van der Waals surface area contributed by atoms with E-state index < -0.39 is 0 Å². The SMILES string of the molecule is CCC(C)NCc1ccccc1OC(C)C. The summed E-state index contributed by atoms with van der Waals surface area (Å²) in [5.74, 6) is 0.994. The van der Waals surface area contributed by atoms with Gasteiger partial charge in [-0.25, -0.2) is 0 Å². The second-order valence-electron chi connectivity index (χ2n) is 4.46. The Kier molecular flexibility index (Phi) is 5.33. The fourth-order valence-electron chi connectivity index (χ4n) is 1.45. The molecule has 0 amide bonds. The average Bonchev–Trinajstić information content (AvgIpc) is 2.26. The third-order valence-electron chi connectivity index (χ3n) is 2.59. The molecule has 90 valence electrons. The summed E-state index contributed by atoms with van der Waals surface area (Å²) in [5, 5.41) is 3.48. The smallest absolute Gasteiger partial charge is 0.124 e. The zero-order valence-corrected chi connectivity index (χ0v) is 10.8. The van der Waals surface area contributed by atoms with Crippen LogP contribution in [-0.4, -0.2) is 12.1 Å². The Balaban J connectivity index is 2.63. The molecule has 1 aromatic rings. The molecule has 0 aromatic heterocycles. The number of rotatable bonds is 6. The van der Waals surface area contributed by atoms with Crippen LogP contribution in [0.25, 0.3) is 0 Å². The second-order valence-corrected chi connectivity index (χ2v) is 4.46. The van der Waals surface area contributed by atoms with Crippen molar-refractivity contribution < 1.29 is 4.74 Å². The molecule has 0 saturated heterocycles. The molecule has 2 nitrogen and oxygen atoms in total. The van der Waals surface area contributed by atoms with E-state index in [1.807, 2.05) is 12.1 Å². The van der Waals surface area contributed by atoms with E-state index in [0.717, 1.165) is 18.7 Å². The fourth-order valence-corrected chi connectivity index (χ4v) is 1.45. The summed E-state index contributed by atoms with van der Waals surface area (Å²) in [4.78, 5) is 0. The van der Waals surface area contributed by atoms with Gasteiger partial charge in [0.25, 0.3) is 0 Å². The third kappa shape index (κ3) is 4.23. The summed E-state index contributed by atoms with van der Waals surface area (Å²) < 4.78 is 5.77. The molecule has 0 aliphatic carbocycles. The van der Waals surface area contributed by atoms with Crippen molar-refractivity contribution in [1.29, 1.82) is 0 Å². The van der Waals surface area contributed by atoms with E-state index in [1.54, 1.807) is 0 Å². The zero-order valence-electron chi connectivity index (χ0n) is 10.8. The Morgan fingerprint density at radius 3 is 2.50 bits per heavy atom. The fraction of sp³-hybridized carbons (Fsp3) is 0.571. The zero-order chi connectivity index (χ0) is 12.0. The molecule has 0 bridgehead atoms. The van der Waals surface area contributed by atoms with Gasteiger partial charge in [0.05, 0.1) is 6.10 Å². The van der Waals surface area contributed by atoms with Crippen molar-refractivity contribution in [2.75, 3.05) is 0 Å². The molecule has 1 atom stereocenters. The summed E-state index contributed by atoms with van der Waals surface area (Å²) >= 11 is 0. The van der Waals surface area contributed by atoms with Crippen molar-refractivity contribution in [3.05, 3.63) is 29.8 Å². The molecule has 0 saturated carbocycles. The van der Waals surface area contributed by atoms with E-state index in [1.165, 1.54) is 5.56 Å². The van der Waals surface area contributed by atoms with Crippen LogP contribution in [0, 0.1) is 0 Å². The van der Waals surface area contributed by atoms with E-state index >= 15 is 0 Å². The molecule has 0 spiro atoms. The second kappa shape index (κ2) is 6.54. The Morgan fingerprint density at radius 2 is 1.88 bits per heavy atom. The van der Waals surface area contributed by atoms with Crippen molar-refractivity contribution in [3.63, 3.8) is 0 Å². The Labute approximate surface area is 99.0 Å². The number of hydrogen-bond donors (Lipinski definition) is 1. The van der Waals surface area contributed by atoms with Gasteiger partial charge in [-0.15, -0.1) is 0 Å². The Bertz CT molecular complexity index is 309. The average molecular weight is 221 g/mol. The largest absolute Gasteiger partial charge is 0.491 e. The molecule has 0 aliphatic heterocycles. The van der Waals surface area contributed by atoms with Gasteiger partial charge in [0.2, 0.25) is 0 Å². The molecule has 0 aliphatic rings. The number of para-hydroxylation sites is 1. The van der Waals surface area contributed by atoms with Crippen LogP contribution in [0.3, 0.4) is 0 Å². The van der Waals surface area contributed by atoms with Gasteiger partial charge in [0, 0.05) is 18.2 Å². The number of hydrogen-bond acceptors (Lipinski definition) is 2. The topological polar surface area (TPSA) is 21.3 Å². The molecule has 0 heterocycles. The molecule has 0 radical (unpaired) electrons. The summed E-state index contributed by atoms with van der Waals surface area (Å²) in [5.41, 5.74) is 1.23. The van der Waals surface area contributed by atoms with Crippen LogP contribution in [0.1, 0.15) is 39.7 Å². The van der Waals surface area contributed by atoms with Crippen LogP contribution < -0.4 is 10.1 Å². The van der Waals surface area contributed by atoms with Crippen LogP contribution >= 0.6 is 0 Å². The van der Waals surface area contributed by atoms with Gasteiger partial charge in [-0.3, -0.25) is 0 Å². The summed E-state index contributed by atoms with van der Waals surface area (Å²) in [6, 6.07) is 8.78. The first-order valence-corrected chi connectivity index (χ1v) is 6.11. The maximum atomic E-state index is 5.77. The van der Waals surface area contributed by atoms with Gasteiger partial charge in [-0.05, 0) is 33.3 Å². The lowest BCUT2D eigenvalue weighted by Gasteiger charge is -2.16. The van der Waals surface area contributed by atoms with E-state index in [4.69, 9.17) is 4.74 Å². The predicted molar refractivity (Wildman–Crippen MR) is 68.8 cm³/mol. The molecular weight excluding hydrogens is 198 g/mol. The van der Waals surface area contributed by atoms with Gasteiger partial charge in [-0.2, -0.15) is 0 Å². The van der Waals surface area contributed by atoms with Crippen molar-refractivity contribution >= 4 is 0 Å². The predicted octanol–water partition coefficient (Wildman–Crippen LogP) is 3.36. The lowest BCUT2D eigenvalue weighted by Crippen LogP contribution is -2.24. The number of nitrogens with one attached hydrogen (secondary N) is 1. The van der Waals surface area contributed by atoms with Crippen molar-refractivity contribution in [1.82, 2.24) is 5.32 Å². The minimum Gasteiger partial charge on any atom is -0.491 e. The van der Waals surface area contributed by atoms with E-state index in [9.17, 15) is 0 Å². The van der Waals surface area contributed by atoms with Gasteiger partial charge >= 0.3 is 0 Å². The monoisotopic (exact) mass is 221 g/mol. The van der Waals surface area contributed by atoms with E-state index in [-0.39, 0.29) is 6.10 Å². The van der Waals surface area contributed by atoms with E-state index in [0.29, 0.717) is 6.04 Å². The van der Waals surface area contributed by atoms with Gasteiger partial charge in [0.15, 0.2) is 0 Å². The highest BCUT2D eigenvalue weighted by atomic mass is 16.5. The first-order chi connectivity index (χ1) is 7.63. The number of ether oxygens (including phenoxy) is 1. The minimum atomic E-state index is 0.227. The lowest BCUT2D eigenvalue weighted by atomic mass is 10.1. The maximum absolute atomic E-state index is 5.77. The van der Waals surface area contributed by atoms with Crippen molar-refractivity contribution in [2.45, 2.75) is 52.8 Å². The molecule has 1 unspecified atom stereocenters. The molecule has 16 heavy (non-hydrogen) atoms. The lowest BCUT2D eigenvalue weighted by molar-refractivity contribution is 0.239. The van der Waals surface area contributed by atoms with Gasteiger partial charge in [0.1, 0.15) is 5.75 Å². The standard InChI is InChI=1S/C14H23NO/c1-5-12(4)15-10-13-8-6-7-9-14(13)16-11(2)3/h6-9,11-12,15H,5,10H2,1-4H3. The molecule has 1 aromatic carbocycles. The molecule has 0 fully saturated rings. The normalized spacial score (nSPS) is 12.8. The van der Waals surface area contributed by atoms with Gasteiger partial charge in [-0.1, -0.05) is 25.1 Å². The van der Waals surface area contributed by atoms with Crippen molar-refractivity contribution in [2.24, 2.45) is 0 Å². The molecular formula is C14H23NO. The summed E-state index contributed by atoms with van der Waals surface area (Å²) in [6.45, 7) is 9.37. The molecule has 1 rings (SSSR count). The molecule has 1 N–H and O–H groups in total. The quantitative estimate of drug-likeness (QED) is 0.795. The third-order valence-corrected chi connectivity index (χ3v) is 2.59. The highest BCUT2D eigenvalue weighted by Gasteiger charge is 2.05. The van der Waals surface area contributed by atoms with Crippen LogP contribution in [0.4, 0.5) is 0 Å². The highest BCUT2D eigenvalue weighted by molar-refractivity contribution is 5.33. The van der Waals surface area contributed by atoms with E-state index in [2.05, 4.69) is 45.1 Å². The first kappa shape index (κ1) is 13.0. The number of benzene rings is 1. The highest BCUT2D eigenvalue weighted by Crippen LogP contribution is 2.19. The minimum absolute atomic E-state index is 0.227. The van der Waals surface area contributed by atoms with Crippen LogP contribution in [-0.2, 0) is 6.54 Å². The first-order valence-electron chi connectivity index (χ1n) is 6.11. The van der Waals surface area contributed by atoms with Gasteiger partial charge < -0.3 is 10.1 Å². The Hall–Kier alpha value is -1.02. The van der Waals surface area contributed by atoms with Crippen molar-refractivity contribution in [3.8, 4) is 5.75 Å². The maximum Gasteiger partial charge on any atom is 0.124 e. The summed E-state index contributed by atoms with van der Waals surface area (Å²) in [6.07, 6.45) is 1.37.